The summed E-state index contributed by atoms with van der Waals surface area (Å²) in [6, 6.07) is 10.8. The lowest BCUT2D eigenvalue weighted by molar-refractivity contribution is 0.262. The molecule has 0 atom stereocenters. The Morgan fingerprint density at radius 3 is 1.62 bits per heavy atom. The van der Waals surface area contributed by atoms with Crippen molar-refractivity contribution in [2.45, 2.75) is 6.92 Å². The summed E-state index contributed by atoms with van der Waals surface area (Å²) < 4.78 is 60.7. The van der Waals surface area contributed by atoms with Crippen LogP contribution in [0.4, 0.5) is 16.2 Å². The lowest BCUT2D eigenvalue weighted by Gasteiger charge is -2.12. The average molecular weight is 569 g/mol. The summed E-state index contributed by atoms with van der Waals surface area (Å²) in [7, 11) is -8.32. The van der Waals surface area contributed by atoms with Crippen LogP contribution in [0.1, 0.15) is 6.92 Å². The van der Waals surface area contributed by atoms with E-state index in [1.807, 2.05) is 0 Å². The molecule has 0 aliphatic heterocycles. The number of anilines is 2. The third kappa shape index (κ3) is 9.65. The fraction of sp³-hybridized carbons (Fsp3) is 0.0357. The van der Waals surface area contributed by atoms with E-state index >= 15 is 0 Å². The van der Waals surface area contributed by atoms with Gasteiger partial charge in [-0.05, 0) is 55.5 Å². The van der Waals surface area contributed by atoms with Gasteiger partial charge in [0.25, 0.3) is 0 Å². The highest BCUT2D eigenvalue weighted by atomic mass is 32.2. The molecule has 204 valence electrons. The number of hydrogen-bond acceptors (Lipinski definition) is 7. The largest absolute Gasteiger partial charge is 0.379 e. The molecule has 0 saturated heterocycles. The molecule has 2 N–H and O–H groups in total. The van der Waals surface area contributed by atoms with Crippen LogP contribution in [-0.4, -0.2) is 22.9 Å². The molecule has 0 unspecified atom stereocenters. The Kier molecular flexibility index (Phi) is 11.3. The number of amides is 2. The van der Waals surface area contributed by atoms with Gasteiger partial charge >= 0.3 is 26.3 Å². The van der Waals surface area contributed by atoms with E-state index in [0.717, 1.165) is 0 Å². The van der Waals surface area contributed by atoms with Crippen LogP contribution in [0.5, 0.6) is 11.5 Å². The molecule has 2 aromatic rings. The third-order valence-electron chi connectivity index (χ3n) is 4.46. The molecule has 2 amide bonds. The number of rotatable bonds is 13. The molecule has 0 bridgehead atoms. The molecule has 0 aliphatic rings. The first-order chi connectivity index (χ1) is 18.5. The van der Waals surface area contributed by atoms with Gasteiger partial charge in [-0.2, -0.15) is 16.8 Å². The first-order valence-corrected chi connectivity index (χ1v) is 14.1. The van der Waals surface area contributed by atoms with Crippen molar-refractivity contribution in [2.75, 3.05) is 10.6 Å². The van der Waals surface area contributed by atoms with E-state index in [0.29, 0.717) is 0 Å². The summed E-state index contributed by atoms with van der Waals surface area (Å²) in [5.41, 5.74) is 0.472. The van der Waals surface area contributed by atoms with Gasteiger partial charge in [0.1, 0.15) is 21.3 Å². The Bertz CT molecular complexity index is 1570. The Morgan fingerprint density at radius 2 is 1.21 bits per heavy atom. The zero-order valence-corrected chi connectivity index (χ0v) is 22.7. The Hall–Kier alpha value is -4.61. The average Bonchev–Trinajstić information content (AvgIpc) is 2.86. The number of benzene rings is 2. The molecule has 0 radical (unpaired) electrons. The van der Waals surface area contributed by atoms with Crippen LogP contribution < -0.4 is 19.0 Å². The summed E-state index contributed by atoms with van der Waals surface area (Å²) in [4.78, 5) is 12.3. The topological polar surface area (TPSA) is 128 Å². The van der Waals surface area contributed by atoms with Crippen LogP contribution in [0.25, 0.3) is 0 Å². The van der Waals surface area contributed by atoms with Crippen molar-refractivity contribution in [1.82, 2.24) is 0 Å². The van der Waals surface area contributed by atoms with Crippen molar-refractivity contribution >= 4 is 37.6 Å². The molecule has 2 rings (SSSR count). The quantitative estimate of drug-likeness (QED) is 0.217. The highest BCUT2D eigenvalue weighted by Gasteiger charge is 2.19. The number of urea groups is 1. The second-order valence-electron chi connectivity index (χ2n) is 7.41. The molecule has 11 heteroatoms. The summed E-state index contributed by atoms with van der Waals surface area (Å²) in [5.74, 6) is -0.0679. The maximum absolute atomic E-state index is 12.6. The molecular weight excluding hydrogens is 540 g/mol. The number of carbonyl (C=O) groups excluding carboxylic acids is 1. The highest BCUT2D eigenvalue weighted by Crippen LogP contribution is 2.24. The molecule has 39 heavy (non-hydrogen) atoms. The van der Waals surface area contributed by atoms with Gasteiger partial charge in [0.2, 0.25) is 0 Å². The predicted octanol–water partition coefficient (Wildman–Crippen LogP) is 6.21. The van der Waals surface area contributed by atoms with E-state index in [2.05, 4.69) is 30.4 Å². The van der Waals surface area contributed by atoms with Crippen LogP contribution in [0, 0.1) is 0 Å². The predicted molar refractivity (Wildman–Crippen MR) is 155 cm³/mol. The van der Waals surface area contributed by atoms with Gasteiger partial charge in [0, 0.05) is 23.5 Å². The van der Waals surface area contributed by atoms with E-state index in [1.165, 1.54) is 97.1 Å². The van der Waals surface area contributed by atoms with Crippen LogP contribution in [0.3, 0.4) is 0 Å². The number of hydrogen-bond donors (Lipinski definition) is 2. The van der Waals surface area contributed by atoms with Crippen LogP contribution in [-0.2, 0) is 20.2 Å². The van der Waals surface area contributed by atoms with E-state index in [1.54, 1.807) is 13.0 Å². The van der Waals surface area contributed by atoms with Gasteiger partial charge in [0.15, 0.2) is 0 Å². The van der Waals surface area contributed by atoms with Gasteiger partial charge in [-0.3, -0.25) is 0 Å². The molecule has 0 spiro atoms. The van der Waals surface area contributed by atoms with E-state index in [9.17, 15) is 21.6 Å². The monoisotopic (exact) mass is 568 g/mol. The smallest absolute Gasteiger partial charge is 0.339 e. The summed E-state index contributed by atoms with van der Waals surface area (Å²) in [6.45, 7) is 12.2. The Morgan fingerprint density at radius 1 is 0.744 bits per heavy atom. The van der Waals surface area contributed by atoms with Gasteiger partial charge in [-0.15, -0.1) is 0 Å². The third-order valence-corrected chi connectivity index (χ3v) is 6.99. The molecule has 9 nitrogen and oxygen atoms in total. The standard InChI is InChI=1S/C28H28N2O7S2/c1-5-9-19-27(14-8-4)39(34,35)37-25-18-11-16-23(21-25)30-28(31)29-22-15-10-17-24(20-22)36-38(32,33)26(12-6-2)13-7-3/h5-21H,1-2,4H2,3H3,(H2,29,30,31)/b13-7-,19-9-,26-12+,27-14+. The SMILES string of the molecule is C=C/C=C\C(=C/C=C)S(=O)(=O)Oc1cccc(NC(=O)Nc2cccc(OS(=O)(=O)C(/C=C\C)=C/C=C)c2)c1. The number of nitrogens with one attached hydrogen (secondary N) is 2. The molecule has 0 aliphatic carbocycles. The van der Waals surface area contributed by atoms with E-state index < -0.39 is 26.3 Å². The Labute approximate surface area is 229 Å². The fourth-order valence-electron chi connectivity index (χ4n) is 2.90. The summed E-state index contributed by atoms with van der Waals surface area (Å²) in [6.07, 6.45) is 12.3. The first kappa shape index (κ1) is 30.6. The number of allylic oxidation sites excluding steroid dienone is 9. The highest BCUT2D eigenvalue weighted by molar-refractivity contribution is 7.91. The second-order valence-corrected chi connectivity index (χ2v) is 10.5. The van der Waals surface area contributed by atoms with Crippen LogP contribution in [0.2, 0.25) is 0 Å². The van der Waals surface area contributed by atoms with Gasteiger partial charge in [0.05, 0.1) is 0 Å². The van der Waals surface area contributed by atoms with Crippen molar-refractivity contribution in [3.63, 3.8) is 0 Å². The maximum Gasteiger partial charge on any atom is 0.339 e. The van der Waals surface area contributed by atoms with Crippen molar-refractivity contribution < 1.29 is 30.0 Å². The normalized spacial score (nSPS) is 12.6. The fourth-order valence-corrected chi connectivity index (χ4v) is 4.88. The van der Waals surface area contributed by atoms with Gasteiger partial charge in [-0.25, -0.2) is 4.79 Å². The minimum absolute atomic E-state index is 0.0262. The van der Waals surface area contributed by atoms with Gasteiger partial charge in [-0.1, -0.05) is 62.2 Å². The van der Waals surface area contributed by atoms with Gasteiger partial charge < -0.3 is 19.0 Å². The van der Waals surface area contributed by atoms with Crippen LogP contribution >= 0.6 is 0 Å². The zero-order chi connectivity index (χ0) is 28.9. The lowest BCUT2D eigenvalue weighted by atomic mass is 10.3. The van der Waals surface area contributed by atoms with E-state index in [-0.39, 0.29) is 32.7 Å². The zero-order valence-electron chi connectivity index (χ0n) is 21.1. The van der Waals surface area contributed by atoms with Crippen molar-refractivity contribution in [3.8, 4) is 11.5 Å². The molecular formula is C28H28N2O7S2. The molecule has 0 saturated carbocycles. The number of carbonyl (C=O) groups is 1. The molecule has 2 aromatic carbocycles. The summed E-state index contributed by atoms with van der Waals surface area (Å²) >= 11 is 0. The Balaban J connectivity index is 2.15. The maximum atomic E-state index is 12.6. The van der Waals surface area contributed by atoms with Crippen molar-refractivity contribution in [2.24, 2.45) is 0 Å². The minimum atomic E-state index is -4.19. The van der Waals surface area contributed by atoms with E-state index in [4.69, 9.17) is 8.37 Å². The lowest BCUT2D eigenvalue weighted by Crippen LogP contribution is -2.19. The molecule has 0 aromatic heterocycles. The molecule has 0 fully saturated rings. The minimum Gasteiger partial charge on any atom is -0.379 e. The van der Waals surface area contributed by atoms with Crippen molar-refractivity contribution in [1.29, 1.82) is 0 Å². The first-order valence-electron chi connectivity index (χ1n) is 11.3. The van der Waals surface area contributed by atoms with Crippen molar-refractivity contribution in [3.05, 3.63) is 133 Å². The molecule has 0 heterocycles. The summed E-state index contributed by atoms with van der Waals surface area (Å²) in [5, 5.41) is 5.11. The second kappa shape index (κ2) is 14.4. The van der Waals surface area contributed by atoms with Crippen LogP contribution in [0.15, 0.2) is 133 Å².